The average molecular weight is 267 g/mol. The van der Waals surface area contributed by atoms with Crippen molar-refractivity contribution in [2.45, 2.75) is 0 Å². The first-order valence-electron chi connectivity index (χ1n) is 5.94. The Balaban J connectivity index is 2.04. The van der Waals surface area contributed by atoms with Crippen LogP contribution in [0.25, 0.3) is 10.8 Å². The topological polar surface area (TPSA) is 36.7 Å². The Morgan fingerprint density at radius 3 is 2.37 bits per heavy atom. The maximum Gasteiger partial charge on any atom is 0.0891 e. The highest BCUT2D eigenvalue weighted by Gasteiger charge is 2.07. The van der Waals surface area contributed by atoms with E-state index < -0.39 is 0 Å². The zero-order chi connectivity index (χ0) is 13.2. The van der Waals surface area contributed by atoms with Crippen LogP contribution >= 0.6 is 11.6 Å². The van der Waals surface area contributed by atoms with Gasteiger partial charge >= 0.3 is 0 Å². The Labute approximate surface area is 116 Å². The molecule has 2 nitrogen and oxygen atoms in total. The van der Waals surface area contributed by atoms with Gasteiger partial charge in [-0.25, -0.2) is 0 Å². The molecule has 0 saturated carbocycles. The molecule has 0 aliphatic heterocycles. The summed E-state index contributed by atoms with van der Waals surface area (Å²) in [4.78, 5) is 4.35. The zero-order valence-corrected chi connectivity index (χ0v) is 10.9. The third kappa shape index (κ3) is 2.35. The lowest BCUT2D eigenvalue weighted by molar-refractivity contribution is 1.29. The van der Waals surface area contributed by atoms with Gasteiger partial charge in [-0.2, -0.15) is 0 Å². The summed E-state index contributed by atoms with van der Waals surface area (Å²) in [5.41, 5.74) is 1.88. The van der Waals surface area contributed by atoms with E-state index in [0.717, 1.165) is 16.3 Å². The number of hydrogen-bond donors (Lipinski definition) is 1. The number of pyridine rings is 1. The summed E-state index contributed by atoms with van der Waals surface area (Å²) >= 11 is 5.85. The van der Waals surface area contributed by atoms with Gasteiger partial charge < -0.3 is 0 Å². The minimum absolute atomic E-state index is 0.405. The van der Waals surface area contributed by atoms with Crippen molar-refractivity contribution in [1.29, 1.82) is 5.41 Å². The normalized spacial score (nSPS) is 10.6. The van der Waals surface area contributed by atoms with Crippen LogP contribution in [0.1, 0.15) is 11.3 Å². The summed E-state index contributed by atoms with van der Waals surface area (Å²) in [7, 11) is 0. The van der Waals surface area contributed by atoms with Crippen molar-refractivity contribution in [2.24, 2.45) is 0 Å². The molecule has 3 heteroatoms. The highest BCUT2D eigenvalue weighted by Crippen LogP contribution is 2.17. The number of hydrogen-bond acceptors (Lipinski definition) is 2. The largest absolute Gasteiger partial charge is 0.298 e. The summed E-state index contributed by atoms with van der Waals surface area (Å²) in [6, 6.07) is 17.2. The highest BCUT2D eigenvalue weighted by atomic mass is 35.5. The van der Waals surface area contributed by atoms with Crippen LogP contribution in [0.15, 0.2) is 60.8 Å². The molecule has 0 fully saturated rings. The molecule has 1 N–H and O–H groups in total. The van der Waals surface area contributed by atoms with E-state index in [-0.39, 0.29) is 0 Å². The van der Waals surface area contributed by atoms with Crippen LogP contribution in [-0.4, -0.2) is 10.7 Å². The van der Waals surface area contributed by atoms with Gasteiger partial charge in [-0.15, -0.1) is 0 Å². The van der Waals surface area contributed by atoms with Gasteiger partial charge in [0, 0.05) is 22.2 Å². The maximum absolute atomic E-state index is 8.21. The van der Waals surface area contributed by atoms with E-state index in [1.54, 1.807) is 18.3 Å². The molecule has 19 heavy (non-hydrogen) atoms. The van der Waals surface area contributed by atoms with Crippen molar-refractivity contribution in [2.75, 3.05) is 0 Å². The number of rotatable bonds is 2. The molecule has 0 atom stereocenters. The van der Waals surface area contributed by atoms with Gasteiger partial charge in [0.1, 0.15) is 0 Å². The Kier molecular flexibility index (Phi) is 3.02. The Morgan fingerprint density at radius 2 is 1.63 bits per heavy atom. The molecule has 2 aromatic carbocycles. The summed E-state index contributed by atoms with van der Waals surface area (Å²) < 4.78 is 0. The second-order valence-electron chi connectivity index (χ2n) is 4.30. The fourth-order valence-corrected chi connectivity index (χ4v) is 2.11. The predicted molar refractivity (Wildman–Crippen MR) is 79.1 cm³/mol. The minimum atomic E-state index is 0.405. The van der Waals surface area contributed by atoms with Crippen molar-refractivity contribution < 1.29 is 0 Å². The molecule has 0 aliphatic rings. The van der Waals surface area contributed by atoms with Gasteiger partial charge in [0.15, 0.2) is 0 Å². The smallest absolute Gasteiger partial charge is 0.0891 e. The quantitative estimate of drug-likeness (QED) is 0.690. The highest BCUT2D eigenvalue weighted by molar-refractivity contribution is 6.30. The fraction of sp³-hybridized carbons (Fsp3) is 0. The summed E-state index contributed by atoms with van der Waals surface area (Å²) in [6.07, 6.45) is 1.80. The predicted octanol–water partition coefficient (Wildman–Crippen LogP) is 4.30. The SMILES string of the molecule is N=C(c1ccc(Cl)cc1)c1cc2ccccc2cn1. The lowest BCUT2D eigenvalue weighted by Crippen LogP contribution is -2.03. The van der Waals surface area contributed by atoms with Crippen molar-refractivity contribution >= 4 is 28.1 Å². The lowest BCUT2D eigenvalue weighted by Gasteiger charge is -2.05. The first-order chi connectivity index (χ1) is 9.24. The van der Waals surface area contributed by atoms with Crippen LogP contribution in [0.2, 0.25) is 5.02 Å². The van der Waals surface area contributed by atoms with E-state index in [1.807, 2.05) is 42.5 Å². The van der Waals surface area contributed by atoms with E-state index in [1.165, 1.54) is 0 Å². The number of aromatic nitrogens is 1. The molecular formula is C16H11ClN2. The molecule has 0 unspecified atom stereocenters. The van der Waals surface area contributed by atoms with Crippen LogP contribution in [0.5, 0.6) is 0 Å². The molecular weight excluding hydrogens is 256 g/mol. The van der Waals surface area contributed by atoms with Crippen LogP contribution < -0.4 is 0 Å². The Morgan fingerprint density at radius 1 is 0.947 bits per heavy atom. The maximum atomic E-state index is 8.21. The number of halogens is 1. The van der Waals surface area contributed by atoms with E-state index >= 15 is 0 Å². The second-order valence-corrected chi connectivity index (χ2v) is 4.74. The lowest BCUT2D eigenvalue weighted by atomic mass is 10.0. The molecule has 0 aliphatic carbocycles. The standard InChI is InChI=1S/C16H11ClN2/c17-14-7-5-11(6-8-14)16(18)15-9-12-3-1-2-4-13(12)10-19-15/h1-10,18H. The summed E-state index contributed by atoms with van der Waals surface area (Å²) in [5, 5.41) is 11.0. The monoisotopic (exact) mass is 266 g/mol. The molecule has 92 valence electrons. The number of nitrogens with one attached hydrogen (secondary N) is 1. The number of fused-ring (bicyclic) bond motifs is 1. The number of nitrogens with zero attached hydrogens (tertiary/aromatic N) is 1. The molecule has 0 amide bonds. The van der Waals surface area contributed by atoms with Gasteiger partial charge in [-0.1, -0.05) is 48.0 Å². The van der Waals surface area contributed by atoms with Crippen LogP contribution in [-0.2, 0) is 0 Å². The van der Waals surface area contributed by atoms with Gasteiger partial charge in [0.25, 0.3) is 0 Å². The van der Waals surface area contributed by atoms with E-state index in [2.05, 4.69) is 4.98 Å². The summed E-state index contributed by atoms with van der Waals surface area (Å²) in [5.74, 6) is 0. The molecule has 0 saturated heterocycles. The molecule has 0 radical (unpaired) electrons. The van der Waals surface area contributed by atoms with Gasteiger partial charge in [-0.3, -0.25) is 10.4 Å². The van der Waals surface area contributed by atoms with Crippen molar-refractivity contribution in [3.63, 3.8) is 0 Å². The molecule has 0 bridgehead atoms. The van der Waals surface area contributed by atoms with Gasteiger partial charge in [0.2, 0.25) is 0 Å². The minimum Gasteiger partial charge on any atom is -0.298 e. The third-order valence-electron chi connectivity index (χ3n) is 3.02. The number of benzene rings is 2. The van der Waals surface area contributed by atoms with Crippen LogP contribution in [0.3, 0.4) is 0 Å². The second kappa shape index (κ2) is 4.82. The average Bonchev–Trinajstić information content (AvgIpc) is 2.47. The van der Waals surface area contributed by atoms with Gasteiger partial charge in [0.05, 0.1) is 11.4 Å². The Hall–Kier alpha value is -2.19. The first kappa shape index (κ1) is 11.9. The molecule has 0 spiro atoms. The third-order valence-corrected chi connectivity index (χ3v) is 3.27. The first-order valence-corrected chi connectivity index (χ1v) is 6.31. The zero-order valence-electron chi connectivity index (χ0n) is 10.1. The van der Waals surface area contributed by atoms with Crippen LogP contribution in [0, 0.1) is 5.41 Å². The summed E-state index contributed by atoms with van der Waals surface area (Å²) in [6.45, 7) is 0. The van der Waals surface area contributed by atoms with Crippen molar-refractivity contribution in [1.82, 2.24) is 4.98 Å². The van der Waals surface area contributed by atoms with E-state index in [4.69, 9.17) is 17.0 Å². The van der Waals surface area contributed by atoms with Crippen molar-refractivity contribution in [3.05, 3.63) is 77.1 Å². The molecule has 1 aromatic heterocycles. The van der Waals surface area contributed by atoms with Gasteiger partial charge in [-0.05, 0) is 23.6 Å². The molecule has 1 heterocycles. The molecule has 3 rings (SSSR count). The van der Waals surface area contributed by atoms with E-state index in [9.17, 15) is 0 Å². The fourth-order valence-electron chi connectivity index (χ4n) is 1.98. The van der Waals surface area contributed by atoms with Crippen LogP contribution in [0.4, 0.5) is 0 Å². The Bertz CT molecular complexity index is 748. The van der Waals surface area contributed by atoms with Crippen molar-refractivity contribution in [3.8, 4) is 0 Å². The van der Waals surface area contributed by atoms with E-state index in [0.29, 0.717) is 16.4 Å². The molecule has 3 aromatic rings.